The molecule has 0 aromatic carbocycles. The van der Waals surface area contributed by atoms with Gasteiger partial charge in [-0.25, -0.2) is 0 Å². The molecule has 0 saturated heterocycles. The Hall–Kier alpha value is -1.42. The van der Waals surface area contributed by atoms with Gasteiger partial charge in [-0.2, -0.15) is 0 Å². The zero-order chi connectivity index (χ0) is 11.1. The molecule has 0 fully saturated rings. The van der Waals surface area contributed by atoms with E-state index in [-0.39, 0.29) is 12.5 Å². The molecule has 4 heteroatoms. The summed E-state index contributed by atoms with van der Waals surface area (Å²) < 4.78 is 0. The Balaban J connectivity index is 2.71. The molecule has 0 aliphatic rings. The van der Waals surface area contributed by atoms with Crippen LogP contribution >= 0.6 is 0 Å². The minimum atomic E-state index is -0.0479. The highest BCUT2D eigenvalue weighted by molar-refractivity contribution is 5.94. The van der Waals surface area contributed by atoms with Gasteiger partial charge in [0, 0.05) is 31.0 Å². The average Bonchev–Trinajstić information content (AvgIpc) is 2.29. The number of hydrogen-bond acceptors (Lipinski definition) is 3. The highest BCUT2D eigenvalue weighted by Gasteiger charge is 2.13. The van der Waals surface area contributed by atoms with Crippen LogP contribution in [0, 0.1) is 0 Å². The summed E-state index contributed by atoms with van der Waals surface area (Å²) in [4.78, 5) is 17.4. The molecule has 0 aliphatic carbocycles. The first-order valence-electron chi connectivity index (χ1n) is 5.09. The van der Waals surface area contributed by atoms with Gasteiger partial charge in [0.15, 0.2) is 0 Å². The summed E-state index contributed by atoms with van der Waals surface area (Å²) in [6.07, 6.45) is 4.07. The molecule has 0 bridgehead atoms. The van der Waals surface area contributed by atoms with Gasteiger partial charge in [0.25, 0.3) is 5.91 Å². The Labute approximate surface area is 89.6 Å². The van der Waals surface area contributed by atoms with E-state index in [0.29, 0.717) is 18.7 Å². The summed E-state index contributed by atoms with van der Waals surface area (Å²) in [5.41, 5.74) is 0.618. The van der Waals surface area contributed by atoms with Gasteiger partial charge in [0.2, 0.25) is 0 Å². The van der Waals surface area contributed by atoms with Crippen LogP contribution in [0.4, 0.5) is 0 Å². The van der Waals surface area contributed by atoms with Gasteiger partial charge >= 0.3 is 0 Å². The summed E-state index contributed by atoms with van der Waals surface area (Å²) in [6.45, 7) is 3.05. The number of carbonyl (C=O) groups is 1. The van der Waals surface area contributed by atoms with E-state index in [1.807, 2.05) is 6.92 Å². The van der Waals surface area contributed by atoms with Crippen molar-refractivity contribution in [2.75, 3.05) is 19.7 Å². The van der Waals surface area contributed by atoms with Crippen LogP contribution in [0.3, 0.4) is 0 Å². The molecule has 1 rings (SSSR count). The number of carbonyl (C=O) groups excluding carboxylic acids is 1. The predicted octanol–water partition coefficient (Wildman–Crippen LogP) is 0.926. The highest BCUT2D eigenvalue weighted by atomic mass is 16.3. The maximum Gasteiger partial charge on any atom is 0.254 e. The van der Waals surface area contributed by atoms with E-state index >= 15 is 0 Å². The number of rotatable bonds is 5. The summed E-state index contributed by atoms with van der Waals surface area (Å²) in [5.74, 6) is -0.0479. The second kappa shape index (κ2) is 6.14. The molecule has 0 saturated carbocycles. The fourth-order valence-electron chi connectivity index (χ4n) is 1.38. The number of aromatic nitrogens is 1. The minimum absolute atomic E-state index is 0.00315. The molecule has 4 nitrogen and oxygen atoms in total. The Morgan fingerprint density at radius 3 is 2.60 bits per heavy atom. The second-order valence-corrected chi connectivity index (χ2v) is 3.25. The largest absolute Gasteiger partial charge is 0.395 e. The monoisotopic (exact) mass is 208 g/mol. The first-order valence-corrected chi connectivity index (χ1v) is 5.09. The van der Waals surface area contributed by atoms with Crippen LogP contribution in [0.5, 0.6) is 0 Å². The summed E-state index contributed by atoms with van der Waals surface area (Å²) in [5, 5.41) is 8.85. The van der Waals surface area contributed by atoms with Crippen LogP contribution in [-0.2, 0) is 0 Å². The van der Waals surface area contributed by atoms with E-state index in [9.17, 15) is 4.79 Å². The zero-order valence-corrected chi connectivity index (χ0v) is 8.89. The molecular formula is C11H16N2O2. The first-order chi connectivity index (χ1) is 7.29. The smallest absolute Gasteiger partial charge is 0.254 e. The van der Waals surface area contributed by atoms with Gasteiger partial charge < -0.3 is 10.0 Å². The molecular weight excluding hydrogens is 192 g/mol. The fourth-order valence-corrected chi connectivity index (χ4v) is 1.38. The third-order valence-corrected chi connectivity index (χ3v) is 2.08. The molecule has 1 N–H and O–H groups in total. The number of aliphatic hydroxyl groups excluding tert-OH is 1. The summed E-state index contributed by atoms with van der Waals surface area (Å²) in [6, 6.07) is 3.37. The van der Waals surface area contributed by atoms with E-state index in [0.717, 1.165) is 6.42 Å². The normalized spacial score (nSPS) is 10.0. The lowest BCUT2D eigenvalue weighted by atomic mass is 10.2. The van der Waals surface area contributed by atoms with Crippen molar-refractivity contribution in [2.45, 2.75) is 13.3 Å². The predicted molar refractivity (Wildman–Crippen MR) is 57.5 cm³/mol. The molecule has 0 atom stereocenters. The molecule has 15 heavy (non-hydrogen) atoms. The minimum Gasteiger partial charge on any atom is -0.395 e. The molecule has 1 aromatic rings. The standard InChI is InChI=1S/C11H16N2O2/c1-2-7-13(8-9-14)11(15)10-3-5-12-6-4-10/h3-6,14H,2,7-9H2,1H3. The topological polar surface area (TPSA) is 53.4 Å². The van der Waals surface area contributed by atoms with Crippen molar-refractivity contribution in [3.8, 4) is 0 Å². The van der Waals surface area contributed by atoms with Crippen LogP contribution in [0.15, 0.2) is 24.5 Å². The van der Waals surface area contributed by atoms with E-state index in [2.05, 4.69) is 4.98 Å². The van der Waals surface area contributed by atoms with Gasteiger partial charge in [-0.15, -0.1) is 0 Å². The van der Waals surface area contributed by atoms with Crippen molar-refractivity contribution >= 4 is 5.91 Å². The molecule has 1 heterocycles. The Kier molecular flexibility index (Phi) is 4.77. The van der Waals surface area contributed by atoms with Gasteiger partial charge in [-0.3, -0.25) is 9.78 Å². The first kappa shape index (κ1) is 11.7. The Morgan fingerprint density at radius 1 is 1.40 bits per heavy atom. The van der Waals surface area contributed by atoms with Gasteiger partial charge in [-0.05, 0) is 18.6 Å². The van der Waals surface area contributed by atoms with Gasteiger partial charge in [0.1, 0.15) is 0 Å². The van der Waals surface area contributed by atoms with E-state index < -0.39 is 0 Å². The van der Waals surface area contributed by atoms with Crippen molar-refractivity contribution in [1.82, 2.24) is 9.88 Å². The van der Waals surface area contributed by atoms with Crippen LogP contribution < -0.4 is 0 Å². The zero-order valence-electron chi connectivity index (χ0n) is 8.89. The number of nitrogens with zero attached hydrogens (tertiary/aromatic N) is 2. The molecule has 0 unspecified atom stereocenters. The third kappa shape index (κ3) is 3.32. The quantitative estimate of drug-likeness (QED) is 0.783. The fraction of sp³-hybridized carbons (Fsp3) is 0.455. The molecule has 1 amide bonds. The van der Waals surface area contributed by atoms with Gasteiger partial charge in [0.05, 0.1) is 6.61 Å². The average molecular weight is 208 g/mol. The number of aliphatic hydroxyl groups is 1. The van der Waals surface area contributed by atoms with Crippen molar-refractivity contribution in [3.05, 3.63) is 30.1 Å². The maximum absolute atomic E-state index is 11.9. The van der Waals surface area contributed by atoms with Crippen LogP contribution in [0.1, 0.15) is 23.7 Å². The van der Waals surface area contributed by atoms with Crippen molar-refractivity contribution < 1.29 is 9.90 Å². The van der Waals surface area contributed by atoms with E-state index in [1.165, 1.54) is 0 Å². The number of pyridine rings is 1. The summed E-state index contributed by atoms with van der Waals surface area (Å²) >= 11 is 0. The van der Waals surface area contributed by atoms with Crippen LogP contribution in [0.25, 0.3) is 0 Å². The van der Waals surface area contributed by atoms with Crippen molar-refractivity contribution in [1.29, 1.82) is 0 Å². The Morgan fingerprint density at radius 2 is 2.07 bits per heavy atom. The van der Waals surface area contributed by atoms with Crippen LogP contribution in [-0.4, -0.2) is 40.6 Å². The molecule has 0 aliphatic heterocycles. The van der Waals surface area contributed by atoms with E-state index in [4.69, 9.17) is 5.11 Å². The van der Waals surface area contributed by atoms with Crippen LogP contribution in [0.2, 0.25) is 0 Å². The lowest BCUT2D eigenvalue weighted by Gasteiger charge is -2.20. The maximum atomic E-state index is 11.9. The SMILES string of the molecule is CCCN(CCO)C(=O)c1ccncc1. The Bertz CT molecular complexity index is 295. The second-order valence-electron chi connectivity index (χ2n) is 3.25. The lowest BCUT2D eigenvalue weighted by molar-refractivity contribution is 0.0722. The molecule has 0 radical (unpaired) electrons. The molecule has 82 valence electrons. The van der Waals surface area contributed by atoms with Gasteiger partial charge in [-0.1, -0.05) is 6.92 Å². The molecule has 0 spiro atoms. The van der Waals surface area contributed by atoms with E-state index in [1.54, 1.807) is 29.4 Å². The molecule has 1 aromatic heterocycles. The highest BCUT2D eigenvalue weighted by Crippen LogP contribution is 2.03. The third-order valence-electron chi connectivity index (χ3n) is 2.08. The van der Waals surface area contributed by atoms with Crippen molar-refractivity contribution in [2.24, 2.45) is 0 Å². The summed E-state index contributed by atoms with van der Waals surface area (Å²) in [7, 11) is 0. The van der Waals surface area contributed by atoms with Crippen molar-refractivity contribution in [3.63, 3.8) is 0 Å². The lowest BCUT2D eigenvalue weighted by Crippen LogP contribution is -2.34. The number of hydrogen-bond donors (Lipinski definition) is 1. The number of amides is 1.